The summed E-state index contributed by atoms with van der Waals surface area (Å²) in [5.41, 5.74) is 0.807. The number of carbonyl (C=O) groups is 1. The topological polar surface area (TPSA) is 32.8 Å². The van der Waals surface area contributed by atoms with Gasteiger partial charge in [0.2, 0.25) is 5.91 Å². The van der Waals surface area contributed by atoms with Crippen LogP contribution in [-0.2, 0) is 9.53 Å². The number of benzene rings is 1. The Hall–Kier alpha value is -1.33. The van der Waals surface area contributed by atoms with Crippen molar-refractivity contribution in [1.29, 1.82) is 0 Å². The molecule has 2 rings (SSSR count). The highest BCUT2D eigenvalue weighted by Gasteiger charge is 2.22. The molecule has 1 aliphatic rings. The molecule has 1 fully saturated rings. The van der Waals surface area contributed by atoms with Gasteiger partial charge in [-0.25, -0.2) is 4.39 Å². The maximum absolute atomic E-state index is 13.0. The van der Waals surface area contributed by atoms with Crippen LogP contribution in [0.5, 0.6) is 0 Å². The van der Waals surface area contributed by atoms with E-state index >= 15 is 0 Å². The molecule has 1 aliphatic heterocycles. The van der Waals surface area contributed by atoms with E-state index in [4.69, 9.17) is 16.3 Å². The number of ether oxygens (including phenoxy) is 1. The molecule has 104 valence electrons. The van der Waals surface area contributed by atoms with Crippen molar-refractivity contribution in [3.8, 4) is 0 Å². The summed E-state index contributed by atoms with van der Waals surface area (Å²) in [6.07, 6.45) is 0. The number of hydrogen-bond acceptors (Lipinski definition) is 3. The van der Waals surface area contributed by atoms with Gasteiger partial charge >= 0.3 is 0 Å². The molecule has 1 aromatic carbocycles. The Bertz CT molecular complexity index is 462. The predicted octanol–water partition coefficient (Wildman–Crippen LogP) is 1.77. The molecule has 0 saturated carbocycles. The van der Waals surface area contributed by atoms with Gasteiger partial charge in [0.1, 0.15) is 12.4 Å². The second-order valence-corrected chi connectivity index (χ2v) is 4.80. The monoisotopic (exact) mass is 286 g/mol. The van der Waals surface area contributed by atoms with E-state index < -0.39 is 0 Å². The molecule has 1 saturated heterocycles. The number of amides is 1. The normalized spacial score (nSPS) is 15.7. The molecular weight excluding hydrogens is 271 g/mol. The van der Waals surface area contributed by atoms with E-state index in [1.807, 2.05) is 0 Å². The highest BCUT2D eigenvalue weighted by atomic mass is 35.5. The van der Waals surface area contributed by atoms with Gasteiger partial charge in [0.05, 0.1) is 10.7 Å². The highest BCUT2D eigenvalue weighted by molar-refractivity contribution is 6.33. The lowest BCUT2D eigenvalue weighted by Crippen LogP contribution is -2.49. The first-order valence-electron chi connectivity index (χ1n) is 6.08. The molecular formula is C13H16ClFN2O2. The fraction of sp³-hybridized carbons (Fsp3) is 0.462. The number of anilines is 1. The van der Waals surface area contributed by atoms with Crippen LogP contribution in [0.25, 0.3) is 0 Å². The van der Waals surface area contributed by atoms with Gasteiger partial charge in [-0.1, -0.05) is 11.6 Å². The summed E-state index contributed by atoms with van der Waals surface area (Å²) in [4.78, 5) is 15.5. The second-order valence-electron chi connectivity index (χ2n) is 4.40. The molecule has 0 aliphatic carbocycles. The van der Waals surface area contributed by atoms with E-state index in [-0.39, 0.29) is 18.3 Å². The van der Waals surface area contributed by atoms with Crippen LogP contribution in [0.2, 0.25) is 5.02 Å². The van der Waals surface area contributed by atoms with E-state index in [0.29, 0.717) is 31.2 Å². The van der Waals surface area contributed by atoms with Crippen LogP contribution >= 0.6 is 11.6 Å². The van der Waals surface area contributed by atoms with E-state index in [1.54, 1.807) is 11.0 Å². The molecule has 4 nitrogen and oxygen atoms in total. The van der Waals surface area contributed by atoms with Crippen molar-refractivity contribution in [3.63, 3.8) is 0 Å². The third-order valence-electron chi connectivity index (χ3n) is 3.15. The van der Waals surface area contributed by atoms with Crippen molar-refractivity contribution in [2.75, 3.05) is 44.8 Å². The third kappa shape index (κ3) is 3.36. The van der Waals surface area contributed by atoms with Gasteiger partial charge in [-0.05, 0) is 18.2 Å². The van der Waals surface area contributed by atoms with E-state index in [9.17, 15) is 9.18 Å². The van der Waals surface area contributed by atoms with Crippen LogP contribution in [-0.4, -0.2) is 50.7 Å². The molecule has 0 bridgehead atoms. The number of piperazine rings is 1. The molecule has 0 unspecified atom stereocenters. The van der Waals surface area contributed by atoms with Crippen LogP contribution in [0.3, 0.4) is 0 Å². The first-order valence-corrected chi connectivity index (χ1v) is 6.46. The molecule has 0 aromatic heterocycles. The minimum absolute atomic E-state index is 0.00708. The van der Waals surface area contributed by atoms with Crippen molar-refractivity contribution in [3.05, 3.63) is 29.0 Å². The lowest BCUT2D eigenvalue weighted by molar-refractivity contribution is -0.135. The maximum Gasteiger partial charge on any atom is 0.248 e. The van der Waals surface area contributed by atoms with Gasteiger partial charge in [-0.2, -0.15) is 0 Å². The van der Waals surface area contributed by atoms with Gasteiger partial charge in [-0.3, -0.25) is 4.79 Å². The van der Waals surface area contributed by atoms with E-state index in [1.165, 1.54) is 19.2 Å². The second kappa shape index (κ2) is 6.21. The van der Waals surface area contributed by atoms with Crippen LogP contribution < -0.4 is 4.90 Å². The summed E-state index contributed by atoms with van der Waals surface area (Å²) in [6, 6.07) is 4.37. The summed E-state index contributed by atoms with van der Waals surface area (Å²) < 4.78 is 17.8. The zero-order valence-corrected chi connectivity index (χ0v) is 11.5. The summed E-state index contributed by atoms with van der Waals surface area (Å²) in [7, 11) is 1.51. The molecule has 0 radical (unpaired) electrons. The largest absolute Gasteiger partial charge is 0.375 e. The van der Waals surface area contributed by atoms with Crippen molar-refractivity contribution in [2.24, 2.45) is 0 Å². The molecule has 0 spiro atoms. The number of nitrogens with zero attached hydrogens (tertiary/aromatic N) is 2. The summed E-state index contributed by atoms with van der Waals surface area (Å²) >= 11 is 6.03. The average molecular weight is 287 g/mol. The zero-order valence-electron chi connectivity index (χ0n) is 10.7. The molecule has 1 heterocycles. The van der Waals surface area contributed by atoms with Gasteiger partial charge in [0.25, 0.3) is 0 Å². The lowest BCUT2D eigenvalue weighted by Gasteiger charge is -2.36. The number of methoxy groups -OCH3 is 1. The highest BCUT2D eigenvalue weighted by Crippen LogP contribution is 2.27. The van der Waals surface area contributed by atoms with Crippen LogP contribution in [0, 0.1) is 5.82 Å². The molecule has 0 N–H and O–H groups in total. The molecule has 6 heteroatoms. The first-order chi connectivity index (χ1) is 9.11. The Morgan fingerprint density at radius 2 is 2.05 bits per heavy atom. The Kier molecular flexibility index (Phi) is 4.61. The van der Waals surface area contributed by atoms with Crippen molar-refractivity contribution in [2.45, 2.75) is 0 Å². The Labute approximate surface area is 116 Å². The zero-order chi connectivity index (χ0) is 13.8. The number of rotatable bonds is 3. The standard InChI is InChI=1S/C13H16ClFN2O2/c1-19-9-13(18)17-6-4-16(5-7-17)12-3-2-10(15)8-11(12)14/h2-3,8H,4-7,9H2,1H3. The maximum atomic E-state index is 13.0. The van der Waals surface area contributed by atoms with Gasteiger partial charge in [-0.15, -0.1) is 0 Å². The van der Waals surface area contributed by atoms with Gasteiger partial charge in [0.15, 0.2) is 0 Å². The minimum Gasteiger partial charge on any atom is -0.375 e. The molecule has 0 atom stereocenters. The Morgan fingerprint density at radius 1 is 1.37 bits per heavy atom. The van der Waals surface area contributed by atoms with E-state index in [2.05, 4.69) is 4.90 Å². The van der Waals surface area contributed by atoms with Crippen LogP contribution in [0.4, 0.5) is 10.1 Å². The fourth-order valence-electron chi connectivity index (χ4n) is 2.15. The summed E-state index contributed by atoms with van der Waals surface area (Å²) in [5.74, 6) is -0.352. The van der Waals surface area contributed by atoms with E-state index in [0.717, 1.165) is 5.69 Å². The molecule has 1 amide bonds. The number of hydrogen-bond donors (Lipinski definition) is 0. The SMILES string of the molecule is COCC(=O)N1CCN(c2ccc(F)cc2Cl)CC1. The van der Waals surface area contributed by atoms with Crippen molar-refractivity contribution in [1.82, 2.24) is 4.90 Å². The summed E-state index contributed by atoms with van der Waals surface area (Å²) in [5, 5.41) is 0.400. The van der Waals surface area contributed by atoms with Crippen LogP contribution in [0.1, 0.15) is 0 Å². The Balaban J connectivity index is 1.98. The molecule has 19 heavy (non-hydrogen) atoms. The van der Waals surface area contributed by atoms with Crippen molar-refractivity contribution >= 4 is 23.2 Å². The van der Waals surface area contributed by atoms with Gasteiger partial charge in [0, 0.05) is 33.3 Å². The number of halogens is 2. The smallest absolute Gasteiger partial charge is 0.248 e. The van der Waals surface area contributed by atoms with Crippen molar-refractivity contribution < 1.29 is 13.9 Å². The van der Waals surface area contributed by atoms with Crippen LogP contribution in [0.15, 0.2) is 18.2 Å². The minimum atomic E-state index is -0.345. The average Bonchev–Trinajstić information content (AvgIpc) is 2.39. The van der Waals surface area contributed by atoms with Gasteiger partial charge < -0.3 is 14.5 Å². The fourth-order valence-corrected chi connectivity index (χ4v) is 2.44. The first kappa shape index (κ1) is 14.1. The predicted molar refractivity (Wildman–Crippen MR) is 72.1 cm³/mol. The quantitative estimate of drug-likeness (QED) is 0.849. The molecule has 1 aromatic rings. The Morgan fingerprint density at radius 3 is 2.63 bits per heavy atom. The number of carbonyl (C=O) groups excluding carboxylic acids is 1. The summed E-state index contributed by atoms with van der Waals surface area (Å²) in [6.45, 7) is 2.71. The third-order valence-corrected chi connectivity index (χ3v) is 3.45. The lowest BCUT2D eigenvalue weighted by atomic mass is 10.2.